The molecule has 0 spiro atoms. The van der Waals surface area contributed by atoms with Gasteiger partial charge in [0.1, 0.15) is 0 Å². The molecule has 0 radical (unpaired) electrons. The molecule has 0 heterocycles. The van der Waals surface area contributed by atoms with E-state index in [9.17, 15) is 20.1 Å². The lowest BCUT2D eigenvalue weighted by Gasteiger charge is -2.19. The van der Waals surface area contributed by atoms with Crippen LogP contribution in [0.1, 0.15) is 64.7 Å². The quantitative estimate of drug-likeness (QED) is 0.319. The van der Waals surface area contributed by atoms with Crippen molar-refractivity contribution in [3.63, 3.8) is 0 Å². The number of aliphatic carboxylic acids is 1. The van der Waals surface area contributed by atoms with E-state index in [-0.39, 0.29) is 18.3 Å². The average Bonchev–Trinajstić information content (AvgIpc) is 2.83. The van der Waals surface area contributed by atoms with Crippen molar-refractivity contribution < 1.29 is 25.2 Å². The van der Waals surface area contributed by atoms with Gasteiger partial charge in [-0.2, -0.15) is 0 Å². The minimum Gasteiger partial charge on any atom is -0.479 e. The molecule has 5 nitrogen and oxygen atoms in total. The van der Waals surface area contributed by atoms with Crippen LogP contribution in [0.25, 0.3) is 0 Å². The third-order valence-corrected chi connectivity index (χ3v) is 4.97. The van der Waals surface area contributed by atoms with Gasteiger partial charge in [-0.05, 0) is 38.0 Å². The number of carboxylic acids is 1. The van der Waals surface area contributed by atoms with E-state index in [1.807, 2.05) is 12.2 Å². The maximum absolute atomic E-state index is 10.5. The molecule has 1 aliphatic carbocycles. The number of allylic oxidation sites excluding steroid dienone is 3. The molecular weight excluding hydrogens is 320 g/mol. The first-order valence-electron chi connectivity index (χ1n) is 9.56. The molecule has 1 unspecified atom stereocenters. The zero-order valence-corrected chi connectivity index (χ0v) is 15.3. The Morgan fingerprint density at radius 1 is 1.08 bits per heavy atom. The molecule has 0 aromatic rings. The largest absolute Gasteiger partial charge is 0.479 e. The topological polar surface area (TPSA) is 98.0 Å². The van der Waals surface area contributed by atoms with Crippen LogP contribution in [0.15, 0.2) is 24.3 Å². The Kier molecular flexibility index (Phi) is 10.7. The molecule has 0 aromatic heterocycles. The molecule has 1 saturated carbocycles. The monoisotopic (exact) mass is 354 g/mol. The number of rotatable bonds is 12. The first-order valence-corrected chi connectivity index (χ1v) is 9.56. The molecular formula is C20H34O5. The van der Waals surface area contributed by atoms with Crippen LogP contribution in [0.4, 0.5) is 0 Å². The minimum atomic E-state index is -1.33. The van der Waals surface area contributed by atoms with Crippen molar-refractivity contribution in [1.29, 1.82) is 0 Å². The molecule has 0 aliphatic heterocycles. The third-order valence-electron chi connectivity index (χ3n) is 4.97. The van der Waals surface area contributed by atoms with Crippen LogP contribution in [0.2, 0.25) is 0 Å². The van der Waals surface area contributed by atoms with Crippen molar-refractivity contribution in [1.82, 2.24) is 0 Å². The summed E-state index contributed by atoms with van der Waals surface area (Å²) in [6.45, 7) is 2.19. The number of aliphatic hydroxyl groups is 3. The molecule has 144 valence electrons. The molecule has 5 heteroatoms. The number of unbranched alkanes of at least 4 members (excludes halogenated alkanes) is 4. The van der Waals surface area contributed by atoms with Gasteiger partial charge < -0.3 is 20.4 Å². The Bertz CT molecular complexity index is 432. The van der Waals surface area contributed by atoms with Gasteiger partial charge in [0.2, 0.25) is 0 Å². The smallest absolute Gasteiger partial charge is 0.332 e. The van der Waals surface area contributed by atoms with Crippen LogP contribution in [0, 0.1) is 11.8 Å². The summed E-state index contributed by atoms with van der Waals surface area (Å²) in [6, 6.07) is 0. The summed E-state index contributed by atoms with van der Waals surface area (Å²) in [7, 11) is 0. The summed E-state index contributed by atoms with van der Waals surface area (Å²) in [5.74, 6) is -1.25. The molecule has 1 fully saturated rings. The Hall–Kier alpha value is -1.17. The van der Waals surface area contributed by atoms with E-state index in [0.29, 0.717) is 19.3 Å². The standard InChI is InChI=1S/C20H34O5/c1-2-3-4-5-6-8-11-15-16(19(23)14-18(15)22)12-9-7-10-13-17(21)20(24)25/h7-9,11,15-19,21-23H,2-6,10,12-14H2,1H3,(H,24,25)/b9-7+,11-8+/t15-,16-,17?,18-,19-/m1/s1. The second-order valence-corrected chi connectivity index (χ2v) is 7.03. The van der Waals surface area contributed by atoms with Crippen LogP contribution < -0.4 is 0 Å². The van der Waals surface area contributed by atoms with Crippen LogP contribution in [0.5, 0.6) is 0 Å². The van der Waals surface area contributed by atoms with E-state index >= 15 is 0 Å². The molecule has 0 aromatic carbocycles. The average molecular weight is 354 g/mol. The van der Waals surface area contributed by atoms with E-state index < -0.39 is 24.3 Å². The van der Waals surface area contributed by atoms with Gasteiger partial charge in [0.05, 0.1) is 12.2 Å². The first-order chi connectivity index (χ1) is 12.0. The predicted octanol–water partition coefficient (Wildman–Crippen LogP) is 3.04. The molecule has 1 rings (SSSR count). The minimum absolute atomic E-state index is 0.0115. The molecule has 5 atom stereocenters. The highest BCUT2D eigenvalue weighted by molar-refractivity contribution is 5.71. The number of aliphatic hydroxyl groups excluding tert-OH is 3. The zero-order chi connectivity index (χ0) is 18.7. The summed E-state index contributed by atoms with van der Waals surface area (Å²) in [4.78, 5) is 10.5. The van der Waals surface area contributed by atoms with E-state index in [1.165, 1.54) is 19.3 Å². The maximum atomic E-state index is 10.5. The van der Waals surface area contributed by atoms with E-state index in [4.69, 9.17) is 5.11 Å². The van der Waals surface area contributed by atoms with Gasteiger partial charge in [0.15, 0.2) is 6.10 Å². The Labute approximate surface area is 151 Å². The Balaban J connectivity index is 2.40. The second-order valence-electron chi connectivity index (χ2n) is 7.03. The maximum Gasteiger partial charge on any atom is 0.332 e. The SMILES string of the molecule is CCCCCC/C=C/[C@@H]1[C@@H](C/C=C/CCC(O)C(=O)O)[C@H](O)C[C@H]1O. The normalized spacial score (nSPS) is 28.2. The lowest BCUT2D eigenvalue weighted by molar-refractivity contribution is -0.146. The van der Waals surface area contributed by atoms with Crippen molar-refractivity contribution in [2.75, 3.05) is 0 Å². The fourth-order valence-corrected chi connectivity index (χ4v) is 3.40. The van der Waals surface area contributed by atoms with Gasteiger partial charge >= 0.3 is 5.97 Å². The summed E-state index contributed by atoms with van der Waals surface area (Å²) in [5, 5.41) is 38.2. The Morgan fingerprint density at radius 3 is 2.52 bits per heavy atom. The lowest BCUT2D eigenvalue weighted by atomic mass is 9.89. The van der Waals surface area contributed by atoms with Crippen LogP contribution in [-0.2, 0) is 4.79 Å². The number of hydrogen-bond acceptors (Lipinski definition) is 4. The van der Waals surface area contributed by atoms with E-state index in [0.717, 1.165) is 12.8 Å². The van der Waals surface area contributed by atoms with Crippen LogP contribution >= 0.6 is 0 Å². The highest BCUT2D eigenvalue weighted by Crippen LogP contribution is 2.36. The van der Waals surface area contributed by atoms with Crippen LogP contribution in [0.3, 0.4) is 0 Å². The fraction of sp³-hybridized carbons (Fsp3) is 0.750. The first kappa shape index (κ1) is 21.9. The summed E-state index contributed by atoms with van der Waals surface area (Å²) in [5.41, 5.74) is 0. The van der Waals surface area contributed by atoms with Gasteiger partial charge in [0, 0.05) is 12.3 Å². The molecule has 0 bridgehead atoms. The second kappa shape index (κ2) is 12.2. The van der Waals surface area contributed by atoms with Crippen molar-refractivity contribution in [3.8, 4) is 0 Å². The zero-order valence-electron chi connectivity index (χ0n) is 15.3. The van der Waals surface area contributed by atoms with E-state index in [2.05, 4.69) is 19.1 Å². The molecule has 0 saturated heterocycles. The van der Waals surface area contributed by atoms with Crippen molar-refractivity contribution in [2.45, 2.75) is 83.0 Å². The van der Waals surface area contributed by atoms with E-state index in [1.54, 1.807) is 0 Å². The van der Waals surface area contributed by atoms with Crippen molar-refractivity contribution in [3.05, 3.63) is 24.3 Å². The van der Waals surface area contributed by atoms with Crippen LogP contribution in [-0.4, -0.2) is 44.7 Å². The highest BCUT2D eigenvalue weighted by atomic mass is 16.4. The molecule has 4 N–H and O–H groups in total. The lowest BCUT2D eigenvalue weighted by Crippen LogP contribution is -2.20. The molecule has 0 amide bonds. The third kappa shape index (κ3) is 8.17. The van der Waals surface area contributed by atoms with Gasteiger partial charge in [-0.15, -0.1) is 0 Å². The van der Waals surface area contributed by atoms with Gasteiger partial charge in [-0.3, -0.25) is 0 Å². The molecule has 25 heavy (non-hydrogen) atoms. The van der Waals surface area contributed by atoms with Gasteiger partial charge in [-0.1, -0.05) is 50.5 Å². The number of carboxylic acid groups (broad SMARTS) is 1. The number of carbonyl (C=O) groups is 1. The Morgan fingerprint density at radius 2 is 1.84 bits per heavy atom. The fourth-order valence-electron chi connectivity index (χ4n) is 3.40. The predicted molar refractivity (Wildman–Crippen MR) is 98.1 cm³/mol. The highest BCUT2D eigenvalue weighted by Gasteiger charge is 2.39. The van der Waals surface area contributed by atoms with Crippen molar-refractivity contribution >= 4 is 5.97 Å². The van der Waals surface area contributed by atoms with Gasteiger partial charge in [-0.25, -0.2) is 4.79 Å². The molecule has 1 aliphatic rings. The summed E-state index contributed by atoms with van der Waals surface area (Å²) < 4.78 is 0. The summed E-state index contributed by atoms with van der Waals surface area (Å²) in [6.07, 6.45) is 13.2. The summed E-state index contributed by atoms with van der Waals surface area (Å²) >= 11 is 0. The van der Waals surface area contributed by atoms with Crippen molar-refractivity contribution in [2.24, 2.45) is 11.8 Å². The number of hydrogen-bond donors (Lipinski definition) is 4. The van der Waals surface area contributed by atoms with Gasteiger partial charge in [0.25, 0.3) is 0 Å².